The van der Waals surface area contributed by atoms with Crippen LogP contribution in [0.25, 0.3) is 6.08 Å². The third-order valence-corrected chi connectivity index (χ3v) is 9.10. The monoisotopic (exact) mass is 487 g/mol. The normalized spacial score (nSPS) is 17.2. The Balaban J connectivity index is 1.57. The molecule has 1 aromatic carbocycles. The first kappa shape index (κ1) is 18.2. The zero-order chi connectivity index (χ0) is 19.3. The van der Waals surface area contributed by atoms with Crippen molar-refractivity contribution in [2.45, 2.75) is 9.79 Å². The first-order valence-corrected chi connectivity index (χ1v) is 12.2. The number of fused-ring (bicyclic) bond motifs is 2. The molecule has 8 heteroatoms. The van der Waals surface area contributed by atoms with Crippen LogP contribution in [0.5, 0.6) is 0 Å². The fourth-order valence-corrected chi connectivity index (χ4v) is 7.42. The molecule has 0 spiro atoms. The van der Waals surface area contributed by atoms with E-state index in [-0.39, 0.29) is 20.4 Å². The van der Waals surface area contributed by atoms with Crippen molar-refractivity contribution < 1.29 is 4.79 Å². The van der Waals surface area contributed by atoms with Crippen molar-refractivity contribution in [1.29, 1.82) is 0 Å². The molecule has 0 unspecified atom stereocenters. The molecule has 4 nitrogen and oxygen atoms in total. The van der Waals surface area contributed by atoms with E-state index in [0.29, 0.717) is 9.23 Å². The zero-order valence-electron chi connectivity index (χ0n) is 14.7. The van der Waals surface area contributed by atoms with E-state index in [2.05, 4.69) is 52.3 Å². The summed E-state index contributed by atoms with van der Waals surface area (Å²) in [7, 11) is 1.72. The van der Waals surface area contributed by atoms with Crippen molar-refractivity contribution in [3.63, 3.8) is 0 Å². The molecule has 0 bridgehead atoms. The Labute approximate surface area is 182 Å². The van der Waals surface area contributed by atoms with Crippen LogP contribution < -0.4 is 4.90 Å². The van der Waals surface area contributed by atoms with Crippen LogP contribution >= 0.6 is 35.7 Å². The number of benzene rings is 1. The molecule has 2 aliphatic rings. The minimum atomic E-state index is -0.0214. The number of hydrogen-bond acceptors (Lipinski definition) is 6. The number of para-hydroxylation sites is 1. The first-order chi connectivity index (χ1) is 13.6. The molecule has 28 heavy (non-hydrogen) atoms. The van der Waals surface area contributed by atoms with Crippen LogP contribution in [0.15, 0.2) is 69.4 Å². The number of anilines is 3. The van der Waals surface area contributed by atoms with Crippen molar-refractivity contribution in [3.05, 3.63) is 64.1 Å². The topological polar surface area (TPSA) is 36.4 Å². The fraction of sp³-hybridized carbons (Fsp3) is 0.0500. The van der Waals surface area contributed by atoms with Gasteiger partial charge in [-0.15, -0.1) is 0 Å². The molecule has 5 rings (SSSR count). The van der Waals surface area contributed by atoms with E-state index in [9.17, 15) is 4.79 Å². The number of rotatable bonds is 2. The number of amides is 1. The van der Waals surface area contributed by atoms with Gasteiger partial charge in [0, 0.05) is 0 Å². The molecular formula is C20H13N3OS3Se. The fourth-order valence-electron chi connectivity index (χ4n) is 3.03. The van der Waals surface area contributed by atoms with E-state index in [1.165, 1.54) is 26.1 Å². The number of pyridine rings is 1. The van der Waals surface area contributed by atoms with E-state index in [1.807, 2.05) is 18.3 Å². The van der Waals surface area contributed by atoms with Crippen molar-refractivity contribution in [2.24, 2.45) is 0 Å². The Kier molecular flexibility index (Phi) is 4.69. The van der Waals surface area contributed by atoms with Gasteiger partial charge in [0.2, 0.25) is 0 Å². The van der Waals surface area contributed by atoms with E-state index in [0.717, 1.165) is 20.8 Å². The van der Waals surface area contributed by atoms with E-state index < -0.39 is 0 Å². The summed E-state index contributed by atoms with van der Waals surface area (Å²) in [5, 5.41) is 0. The predicted molar refractivity (Wildman–Crippen MR) is 121 cm³/mol. The molecular weight excluding hydrogens is 473 g/mol. The summed E-state index contributed by atoms with van der Waals surface area (Å²) < 4.78 is 2.97. The van der Waals surface area contributed by atoms with E-state index >= 15 is 0 Å². The molecule has 2 aliphatic heterocycles. The summed E-state index contributed by atoms with van der Waals surface area (Å²) >= 11 is 8.42. The molecule has 1 saturated heterocycles. The number of carbonyl (C=O) groups is 1. The third kappa shape index (κ3) is 3.06. The molecule has 0 saturated carbocycles. The van der Waals surface area contributed by atoms with Crippen LogP contribution in [-0.2, 0) is 4.79 Å². The van der Waals surface area contributed by atoms with Gasteiger partial charge < -0.3 is 0 Å². The van der Waals surface area contributed by atoms with Crippen LogP contribution in [0.1, 0.15) is 4.44 Å². The number of nitrogens with zero attached hydrogens (tertiary/aromatic N) is 3. The Morgan fingerprint density at radius 2 is 1.89 bits per heavy atom. The summed E-state index contributed by atoms with van der Waals surface area (Å²) in [6, 6.07) is 16.7. The van der Waals surface area contributed by atoms with Gasteiger partial charge in [-0.2, -0.15) is 0 Å². The summed E-state index contributed by atoms with van der Waals surface area (Å²) in [4.78, 5) is 23.8. The Morgan fingerprint density at radius 1 is 1.07 bits per heavy atom. The van der Waals surface area contributed by atoms with Gasteiger partial charge >= 0.3 is 183 Å². The molecule has 0 N–H and O–H groups in total. The van der Waals surface area contributed by atoms with Gasteiger partial charge in [-0.25, -0.2) is 0 Å². The Bertz CT molecular complexity index is 1110. The molecule has 0 radical (unpaired) electrons. The van der Waals surface area contributed by atoms with Crippen LogP contribution in [0.4, 0.5) is 16.1 Å². The maximum atomic E-state index is 12.3. The van der Waals surface area contributed by atoms with Crippen molar-refractivity contribution in [1.82, 2.24) is 9.88 Å². The minimum absolute atomic E-state index is 0.0214. The Hall–Kier alpha value is -1.83. The molecule has 0 aliphatic carbocycles. The van der Waals surface area contributed by atoms with Crippen molar-refractivity contribution in [3.8, 4) is 0 Å². The number of thioether (sulfide) groups is 1. The van der Waals surface area contributed by atoms with E-state index in [4.69, 9.17) is 12.2 Å². The van der Waals surface area contributed by atoms with Gasteiger partial charge in [-0.05, 0) is 0 Å². The average Bonchev–Trinajstić information content (AvgIpc) is 3.26. The second-order valence-electron chi connectivity index (χ2n) is 6.15. The van der Waals surface area contributed by atoms with Gasteiger partial charge in [0.15, 0.2) is 0 Å². The molecule has 3 aromatic rings. The number of hydrogen-bond donors (Lipinski definition) is 0. The first-order valence-electron chi connectivity index (χ1n) is 8.45. The average molecular weight is 487 g/mol. The van der Waals surface area contributed by atoms with Gasteiger partial charge in [0.05, 0.1) is 0 Å². The maximum absolute atomic E-state index is 12.3. The molecule has 0 atom stereocenters. The zero-order valence-corrected chi connectivity index (χ0v) is 18.8. The SMILES string of the molecule is CN1C(=O)/C(=C\c2ccc(N3c4ccccc4Sc4cccnc43)[se]2)SC1=S. The summed E-state index contributed by atoms with van der Waals surface area (Å²) in [6.45, 7) is 0. The van der Waals surface area contributed by atoms with Crippen molar-refractivity contribution in [2.75, 3.05) is 11.9 Å². The van der Waals surface area contributed by atoms with Crippen LogP contribution in [-0.4, -0.2) is 41.7 Å². The number of thiocarbonyl (C=S) groups is 1. The summed E-state index contributed by atoms with van der Waals surface area (Å²) in [5.41, 5.74) is 1.15. The predicted octanol–water partition coefficient (Wildman–Crippen LogP) is 4.90. The summed E-state index contributed by atoms with van der Waals surface area (Å²) in [6.07, 6.45) is 3.82. The van der Waals surface area contributed by atoms with Crippen LogP contribution in [0.3, 0.4) is 0 Å². The number of likely N-dealkylation sites (N-methyl/N-ethyl adjacent to an activating group) is 1. The van der Waals surface area contributed by atoms with Gasteiger partial charge in [0.25, 0.3) is 0 Å². The van der Waals surface area contributed by atoms with Crippen LogP contribution in [0.2, 0.25) is 0 Å². The molecule has 4 heterocycles. The Morgan fingerprint density at radius 3 is 2.71 bits per heavy atom. The van der Waals surface area contributed by atoms with E-state index in [1.54, 1.807) is 18.8 Å². The van der Waals surface area contributed by atoms with Crippen molar-refractivity contribution >= 4 is 82.6 Å². The van der Waals surface area contributed by atoms with Gasteiger partial charge in [-0.3, -0.25) is 0 Å². The van der Waals surface area contributed by atoms with Gasteiger partial charge in [0.1, 0.15) is 0 Å². The van der Waals surface area contributed by atoms with Crippen LogP contribution in [0, 0.1) is 0 Å². The molecule has 1 amide bonds. The quantitative estimate of drug-likeness (QED) is 0.228. The second-order valence-corrected chi connectivity index (χ2v) is 11.2. The standard InChI is InChI=1S/C20H13N3OS3Se/c1-22-19(24)16(27-20(22)25)11-12-8-9-17(28-12)23-13-5-2-3-6-14(13)26-15-7-4-10-21-18(15)23/h2-11H,1H3/b16-11+. The molecule has 1 fully saturated rings. The van der Waals surface area contributed by atoms with Gasteiger partial charge in [-0.1, -0.05) is 0 Å². The molecule has 2 aromatic heterocycles. The number of aromatic nitrogens is 1. The second kappa shape index (κ2) is 7.21. The molecule has 138 valence electrons. The third-order valence-electron chi connectivity index (χ3n) is 4.38. The summed E-state index contributed by atoms with van der Waals surface area (Å²) in [5.74, 6) is 0.945. The number of carbonyl (C=O) groups excluding carboxylic acids is 1.